The molecule has 0 atom stereocenters. The molecular weight excluding hydrogens is 556 g/mol. The van der Waals surface area contributed by atoms with Crippen molar-refractivity contribution in [1.82, 2.24) is 4.90 Å². The number of methoxy groups -OCH3 is 1. The van der Waals surface area contributed by atoms with Crippen LogP contribution in [0.3, 0.4) is 0 Å². The summed E-state index contributed by atoms with van der Waals surface area (Å²) >= 11 is 4.15. The second kappa shape index (κ2) is 11.1. The van der Waals surface area contributed by atoms with Crippen LogP contribution in [-0.2, 0) is 20.9 Å². The second-order valence-corrected chi connectivity index (χ2v) is 10.4. The lowest BCUT2D eigenvalue weighted by Crippen LogP contribution is -2.37. The Hall–Kier alpha value is -3.38. The number of thioether (sulfide) groups is 1. The molecule has 0 bridgehead atoms. The van der Waals surface area contributed by atoms with Gasteiger partial charge >= 0.3 is 5.97 Å². The summed E-state index contributed by atoms with van der Waals surface area (Å²) in [4.78, 5) is 48.7. The van der Waals surface area contributed by atoms with Crippen LogP contribution in [0.5, 0.6) is 11.5 Å². The molecule has 0 radical (unpaired) electrons. The van der Waals surface area contributed by atoms with Crippen molar-refractivity contribution in [2.75, 3.05) is 13.7 Å². The molecule has 12 heteroatoms. The van der Waals surface area contributed by atoms with E-state index in [2.05, 4.69) is 15.9 Å². The van der Waals surface area contributed by atoms with E-state index in [9.17, 15) is 24.5 Å². The van der Waals surface area contributed by atoms with Crippen molar-refractivity contribution in [3.63, 3.8) is 0 Å². The van der Waals surface area contributed by atoms with Crippen LogP contribution in [0.4, 0.5) is 10.5 Å². The molecule has 1 saturated heterocycles. The van der Waals surface area contributed by atoms with Crippen LogP contribution in [0.2, 0.25) is 0 Å². The third-order valence-corrected chi connectivity index (χ3v) is 6.26. The number of benzene rings is 2. The number of nitrogens with zero attached hydrogens (tertiary/aromatic N) is 2. The molecule has 1 fully saturated rings. The number of amides is 2. The second-order valence-electron chi connectivity index (χ2n) is 8.59. The minimum Gasteiger partial charge on any atom is -0.493 e. The summed E-state index contributed by atoms with van der Waals surface area (Å²) in [5, 5.41) is 10.4. The summed E-state index contributed by atoms with van der Waals surface area (Å²) in [6.45, 7) is 4.67. The number of hydrogen-bond donors (Lipinski definition) is 0. The fourth-order valence-electron chi connectivity index (χ4n) is 3.14. The van der Waals surface area contributed by atoms with Gasteiger partial charge in [0.1, 0.15) is 18.8 Å². The van der Waals surface area contributed by atoms with E-state index in [1.54, 1.807) is 45.0 Å². The molecule has 0 saturated carbocycles. The van der Waals surface area contributed by atoms with E-state index in [-0.39, 0.29) is 17.2 Å². The Morgan fingerprint density at radius 3 is 2.56 bits per heavy atom. The number of nitro groups is 1. The van der Waals surface area contributed by atoms with Crippen molar-refractivity contribution >= 4 is 56.6 Å². The van der Waals surface area contributed by atoms with Gasteiger partial charge in [0.25, 0.3) is 16.8 Å². The SMILES string of the molecule is COc1cc(C=C2SC(=O)N(CC(=O)OC(C)(C)C)C2=O)c(Br)cc1OCc1cccc([N+](=O)[O-])c1. The van der Waals surface area contributed by atoms with Gasteiger partial charge in [-0.05, 0) is 61.9 Å². The van der Waals surface area contributed by atoms with Crippen LogP contribution in [0.15, 0.2) is 45.8 Å². The fraction of sp³-hybridized carbons (Fsp3) is 0.292. The summed E-state index contributed by atoms with van der Waals surface area (Å²) in [5.74, 6) is -0.569. The number of carbonyl (C=O) groups excluding carboxylic acids is 3. The van der Waals surface area contributed by atoms with Crippen molar-refractivity contribution in [2.45, 2.75) is 33.0 Å². The van der Waals surface area contributed by atoms with Crippen molar-refractivity contribution < 1.29 is 33.5 Å². The molecule has 1 aliphatic rings. The van der Waals surface area contributed by atoms with E-state index < -0.39 is 34.2 Å². The number of ether oxygens (including phenoxy) is 3. The minimum absolute atomic E-state index is 0.0415. The molecule has 0 unspecified atom stereocenters. The number of hydrogen-bond acceptors (Lipinski definition) is 9. The number of rotatable bonds is 8. The minimum atomic E-state index is -0.741. The molecular formula is C24H23BrN2O8S. The van der Waals surface area contributed by atoms with Gasteiger partial charge in [0.2, 0.25) is 0 Å². The maximum absolute atomic E-state index is 12.8. The molecule has 0 spiro atoms. The lowest BCUT2D eigenvalue weighted by Gasteiger charge is -2.21. The van der Waals surface area contributed by atoms with Crippen LogP contribution in [0, 0.1) is 10.1 Å². The highest BCUT2D eigenvalue weighted by Gasteiger charge is 2.37. The van der Waals surface area contributed by atoms with Gasteiger partial charge in [-0.1, -0.05) is 28.1 Å². The van der Waals surface area contributed by atoms with E-state index in [0.29, 0.717) is 38.9 Å². The molecule has 1 aliphatic heterocycles. The first-order valence-corrected chi connectivity index (χ1v) is 12.2. The molecule has 0 aromatic heterocycles. The Kier molecular flexibility index (Phi) is 8.41. The topological polar surface area (TPSA) is 125 Å². The molecule has 36 heavy (non-hydrogen) atoms. The van der Waals surface area contributed by atoms with E-state index in [4.69, 9.17) is 14.2 Å². The van der Waals surface area contributed by atoms with Crippen LogP contribution in [0.1, 0.15) is 31.9 Å². The molecule has 0 aliphatic carbocycles. The first-order valence-electron chi connectivity index (χ1n) is 10.6. The Bertz CT molecular complexity index is 1260. The Labute approximate surface area is 219 Å². The van der Waals surface area contributed by atoms with Gasteiger partial charge in [-0.3, -0.25) is 29.4 Å². The zero-order chi connectivity index (χ0) is 26.6. The normalized spacial score (nSPS) is 14.8. The third-order valence-electron chi connectivity index (χ3n) is 4.67. The molecule has 190 valence electrons. The van der Waals surface area contributed by atoms with Crippen molar-refractivity contribution in [3.8, 4) is 11.5 Å². The average molecular weight is 579 g/mol. The molecule has 0 N–H and O–H groups in total. The van der Waals surface area contributed by atoms with E-state index >= 15 is 0 Å². The summed E-state index contributed by atoms with van der Waals surface area (Å²) in [6.07, 6.45) is 1.51. The van der Waals surface area contributed by atoms with E-state index in [1.165, 1.54) is 25.3 Å². The number of carbonyl (C=O) groups is 3. The lowest BCUT2D eigenvalue weighted by atomic mass is 10.1. The van der Waals surface area contributed by atoms with Gasteiger partial charge < -0.3 is 14.2 Å². The first kappa shape index (κ1) is 27.2. The van der Waals surface area contributed by atoms with E-state index in [1.807, 2.05) is 0 Å². The summed E-state index contributed by atoms with van der Waals surface area (Å²) < 4.78 is 17.0. The van der Waals surface area contributed by atoms with Gasteiger partial charge in [-0.25, -0.2) is 0 Å². The van der Waals surface area contributed by atoms with Crippen molar-refractivity contribution in [3.05, 3.63) is 67.0 Å². The maximum atomic E-state index is 12.8. The predicted octanol–water partition coefficient (Wildman–Crippen LogP) is 5.32. The first-order chi connectivity index (χ1) is 16.9. The zero-order valence-electron chi connectivity index (χ0n) is 19.9. The highest BCUT2D eigenvalue weighted by Crippen LogP contribution is 2.38. The third kappa shape index (κ3) is 6.85. The maximum Gasteiger partial charge on any atom is 0.326 e. The van der Waals surface area contributed by atoms with Gasteiger partial charge in [0.15, 0.2) is 11.5 Å². The molecule has 2 amide bonds. The Morgan fingerprint density at radius 2 is 1.92 bits per heavy atom. The zero-order valence-corrected chi connectivity index (χ0v) is 22.3. The number of non-ortho nitro benzene ring substituents is 1. The van der Waals surface area contributed by atoms with Gasteiger partial charge in [0.05, 0.1) is 16.9 Å². The monoisotopic (exact) mass is 578 g/mol. The van der Waals surface area contributed by atoms with Gasteiger partial charge in [-0.15, -0.1) is 0 Å². The van der Waals surface area contributed by atoms with Crippen LogP contribution < -0.4 is 9.47 Å². The molecule has 2 aromatic rings. The highest BCUT2D eigenvalue weighted by atomic mass is 79.9. The number of imide groups is 1. The van der Waals surface area contributed by atoms with E-state index in [0.717, 1.165) is 4.90 Å². The van der Waals surface area contributed by atoms with Crippen molar-refractivity contribution in [1.29, 1.82) is 0 Å². The van der Waals surface area contributed by atoms with Crippen LogP contribution in [-0.4, -0.2) is 46.2 Å². The highest BCUT2D eigenvalue weighted by molar-refractivity contribution is 9.10. The molecule has 1 heterocycles. The summed E-state index contributed by atoms with van der Waals surface area (Å²) in [5.41, 5.74) is 0.359. The summed E-state index contributed by atoms with van der Waals surface area (Å²) in [7, 11) is 1.45. The van der Waals surface area contributed by atoms with Crippen molar-refractivity contribution in [2.24, 2.45) is 0 Å². The number of nitro benzene ring substituents is 1. The standard InChI is InChI=1S/C24H23BrN2O8S/c1-24(2,3)35-21(28)12-26-22(29)20(36-23(26)30)10-15-9-18(33-4)19(11-17(15)25)34-13-14-6-5-7-16(8-14)27(31)32/h5-11H,12-13H2,1-4H3. The quantitative estimate of drug-likeness (QED) is 0.177. The number of halogens is 1. The number of esters is 1. The summed E-state index contributed by atoms with van der Waals surface area (Å²) in [6, 6.07) is 9.34. The Balaban J connectivity index is 1.78. The van der Waals surface area contributed by atoms with Crippen LogP contribution >= 0.6 is 27.7 Å². The predicted molar refractivity (Wildman–Crippen MR) is 137 cm³/mol. The largest absolute Gasteiger partial charge is 0.493 e. The van der Waals surface area contributed by atoms with Gasteiger partial charge in [-0.2, -0.15) is 0 Å². The van der Waals surface area contributed by atoms with Crippen LogP contribution in [0.25, 0.3) is 6.08 Å². The molecule has 2 aromatic carbocycles. The Morgan fingerprint density at radius 1 is 1.19 bits per heavy atom. The average Bonchev–Trinajstić information content (AvgIpc) is 3.05. The fourth-order valence-corrected chi connectivity index (χ4v) is 4.40. The van der Waals surface area contributed by atoms with Gasteiger partial charge in [0, 0.05) is 16.6 Å². The smallest absolute Gasteiger partial charge is 0.326 e. The molecule has 10 nitrogen and oxygen atoms in total. The lowest BCUT2D eigenvalue weighted by molar-refractivity contribution is -0.384. The molecule has 3 rings (SSSR count).